The molecule has 1 N–H and O–H groups in total. The maximum atomic E-state index is 12.5. The van der Waals surface area contributed by atoms with Crippen LogP contribution in [0.2, 0.25) is 0 Å². The van der Waals surface area contributed by atoms with Gasteiger partial charge in [0.25, 0.3) is 0 Å². The summed E-state index contributed by atoms with van der Waals surface area (Å²) < 4.78 is 46.9. The van der Waals surface area contributed by atoms with Crippen molar-refractivity contribution in [1.82, 2.24) is 5.32 Å². The highest BCUT2D eigenvalue weighted by Crippen LogP contribution is 2.24. The Bertz CT molecular complexity index is 429. The molecule has 6 nitrogen and oxygen atoms in total. The fourth-order valence-electron chi connectivity index (χ4n) is 1.61. The Balaban J connectivity index is 4.49. The van der Waals surface area contributed by atoms with Crippen LogP contribution >= 0.6 is 0 Å². The maximum absolute atomic E-state index is 12.5. The minimum Gasteiger partial charge on any atom is -0.465 e. The van der Waals surface area contributed by atoms with E-state index in [4.69, 9.17) is 4.74 Å². The number of carbonyl (C=O) groups is 3. The van der Waals surface area contributed by atoms with E-state index >= 15 is 0 Å². The third kappa shape index (κ3) is 9.04. The molecule has 0 spiro atoms. The van der Waals surface area contributed by atoms with E-state index in [1.165, 1.54) is 6.92 Å². The van der Waals surface area contributed by atoms with Gasteiger partial charge in [0.05, 0.1) is 6.61 Å². The number of hydrogen-bond donors (Lipinski definition) is 1. The molecule has 0 saturated carbocycles. The Morgan fingerprint density at radius 3 is 2.13 bits per heavy atom. The summed E-state index contributed by atoms with van der Waals surface area (Å²) in [6.45, 7) is 6.24. The van der Waals surface area contributed by atoms with Gasteiger partial charge in [-0.1, -0.05) is 0 Å². The zero-order valence-corrected chi connectivity index (χ0v) is 13.6. The van der Waals surface area contributed by atoms with Crippen molar-refractivity contribution in [3.63, 3.8) is 0 Å². The summed E-state index contributed by atoms with van der Waals surface area (Å²) in [5.74, 6) is -5.28. The first-order valence-electron chi connectivity index (χ1n) is 7.13. The average molecular weight is 341 g/mol. The van der Waals surface area contributed by atoms with Crippen LogP contribution in [0.25, 0.3) is 0 Å². The van der Waals surface area contributed by atoms with E-state index < -0.39 is 35.5 Å². The molecule has 0 fully saturated rings. The average Bonchev–Trinajstić information content (AvgIpc) is 2.35. The summed E-state index contributed by atoms with van der Waals surface area (Å²) in [7, 11) is 0. The quantitative estimate of drug-likeness (QED) is 0.437. The zero-order valence-electron chi connectivity index (χ0n) is 13.6. The van der Waals surface area contributed by atoms with Crippen molar-refractivity contribution in [2.75, 3.05) is 13.2 Å². The van der Waals surface area contributed by atoms with Crippen LogP contribution in [0.15, 0.2) is 0 Å². The smallest absolute Gasteiger partial charge is 0.450 e. The van der Waals surface area contributed by atoms with Gasteiger partial charge < -0.3 is 14.8 Å². The number of ether oxygens (including phenoxy) is 2. The van der Waals surface area contributed by atoms with E-state index in [1.807, 2.05) is 0 Å². The molecule has 0 rings (SSSR count). The molecule has 23 heavy (non-hydrogen) atoms. The monoisotopic (exact) mass is 341 g/mol. The molecule has 0 saturated heterocycles. The van der Waals surface area contributed by atoms with Crippen molar-refractivity contribution in [2.24, 2.45) is 5.92 Å². The van der Waals surface area contributed by atoms with Gasteiger partial charge in [0, 0.05) is 6.54 Å². The van der Waals surface area contributed by atoms with Gasteiger partial charge in [-0.05, 0) is 40.5 Å². The van der Waals surface area contributed by atoms with E-state index in [9.17, 15) is 27.6 Å². The third-order valence-electron chi connectivity index (χ3n) is 2.50. The van der Waals surface area contributed by atoms with E-state index in [2.05, 4.69) is 10.1 Å². The summed E-state index contributed by atoms with van der Waals surface area (Å²) in [4.78, 5) is 34.1. The van der Waals surface area contributed by atoms with Crippen molar-refractivity contribution in [2.45, 2.75) is 52.3 Å². The molecule has 0 heterocycles. The summed E-state index contributed by atoms with van der Waals surface area (Å²) in [6.07, 6.45) is -6.24. The second-order valence-corrected chi connectivity index (χ2v) is 5.74. The molecule has 134 valence electrons. The van der Waals surface area contributed by atoms with E-state index in [0.717, 1.165) is 0 Å². The number of Topliss-reactive ketones (excluding diaryl/α,β-unsaturated/α-hetero) is 1. The van der Waals surface area contributed by atoms with Crippen molar-refractivity contribution in [1.29, 1.82) is 0 Å². The van der Waals surface area contributed by atoms with Crippen molar-refractivity contribution >= 4 is 17.8 Å². The summed E-state index contributed by atoms with van der Waals surface area (Å²) in [6, 6.07) is 0. The molecule has 0 aromatic carbocycles. The Morgan fingerprint density at radius 1 is 1.13 bits per heavy atom. The maximum Gasteiger partial charge on any atom is 0.450 e. The number of esters is 1. The Kier molecular flexibility index (Phi) is 8.05. The van der Waals surface area contributed by atoms with Gasteiger partial charge >= 0.3 is 18.2 Å². The molecule has 0 aromatic heterocycles. The summed E-state index contributed by atoms with van der Waals surface area (Å²) in [5, 5.41) is 2.34. The highest BCUT2D eigenvalue weighted by molar-refractivity contribution is 6.01. The van der Waals surface area contributed by atoms with Gasteiger partial charge in [-0.25, -0.2) is 4.79 Å². The highest BCUT2D eigenvalue weighted by Gasteiger charge is 2.46. The lowest BCUT2D eigenvalue weighted by Gasteiger charge is -2.20. The Morgan fingerprint density at radius 2 is 1.70 bits per heavy atom. The fraction of sp³-hybridized carbons (Fsp3) is 0.786. The van der Waals surface area contributed by atoms with Crippen LogP contribution in [0.5, 0.6) is 0 Å². The molecule has 0 bridgehead atoms. The van der Waals surface area contributed by atoms with E-state index in [-0.39, 0.29) is 26.0 Å². The Labute approximate surface area is 132 Å². The lowest BCUT2D eigenvalue weighted by molar-refractivity contribution is -0.181. The normalized spacial score (nSPS) is 13.2. The number of ketones is 1. The predicted octanol–water partition coefficient (Wildman–Crippen LogP) is 2.60. The predicted molar refractivity (Wildman–Crippen MR) is 74.7 cm³/mol. The molecule has 0 aliphatic heterocycles. The number of carbonyl (C=O) groups excluding carboxylic acids is 3. The van der Waals surface area contributed by atoms with Crippen LogP contribution in [0.3, 0.4) is 0 Å². The summed E-state index contributed by atoms with van der Waals surface area (Å²) in [5.41, 5.74) is -0.705. The number of nitrogens with one attached hydrogen (secondary N) is 1. The van der Waals surface area contributed by atoms with E-state index in [0.29, 0.717) is 0 Å². The van der Waals surface area contributed by atoms with Gasteiger partial charge in [-0.3, -0.25) is 9.59 Å². The molecule has 0 aromatic rings. The number of hydrogen-bond acceptors (Lipinski definition) is 5. The second kappa shape index (κ2) is 8.73. The minimum atomic E-state index is -5.12. The number of rotatable bonds is 7. The SMILES string of the molecule is CCOC(=O)C(CCCNC(=O)OC(C)(C)C)C(=O)C(F)(F)F. The molecule has 1 amide bonds. The van der Waals surface area contributed by atoms with Crippen molar-refractivity contribution in [3.05, 3.63) is 0 Å². The zero-order chi connectivity index (χ0) is 18.3. The fourth-order valence-corrected chi connectivity index (χ4v) is 1.61. The number of amides is 1. The lowest BCUT2D eigenvalue weighted by atomic mass is 9.98. The molecule has 1 atom stereocenters. The van der Waals surface area contributed by atoms with Crippen molar-refractivity contribution < 1.29 is 37.0 Å². The number of halogens is 3. The molecule has 1 unspecified atom stereocenters. The topological polar surface area (TPSA) is 81.7 Å². The van der Waals surface area contributed by atoms with Gasteiger partial charge in [0.2, 0.25) is 5.78 Å². The molecule has 9 heteroatoms. The van der Waals surface area contributed by atoms with Crippen LogP contribution < -0.4 is 5.32 Å². The van der Waals surface area contributed by atoms with Gasteiger partial charge in [-0.15, -0.1) is 0 Å². The number of alkyl halides is 3. The summed E-state index contributed by atoms with van der Waals surface area (Å²) >= 11 is 0. The van der Waals surface area contributed by atoms with Gasteiger partial charge in [-0.2, -0.15) is 13.2 Å². The van der Waals surface area contributed by atoms with Crippen LogP contribution in [0.1, 0.15) is 40.5 Å². The minimum absolute atomic E-state index is 0.00938. The first kappa shape index (κ1) is 21.2. The molecule has 0 radical (unpaired) electrons. The standard InChI is InChI=1S/C14H22F3NO5/c1-5-22-11(20)9(10(19)14(15,16)17)7-6-8-18-12(21)23-13(2,3)4/h9H,5-8H2,1-4H3,(H,18,21). The highest BCUT2D eigenvalue weighted by atomic mass is 19.4. The van der Waals surface area contributed by atoms with Gasteiger partial charge in [0.15, 0.2) is 0 Å². The van der Waals surface area contributed by atoms with Crippen LogP contribution in [-0.4, -0.2) is 42.8 Å². The van der Waals surface area contributed by atoms with Gasteiger partial charge in [0.1, 0.15) is 11.5 Å². The lowest BCUT2D eigenvalue weighted by Crippen LogP contribution is -2.37. The van der Waals surface area contributed by atoms with E-state index in [1.54, 1.807) is 20.8 Å². The third-order valence-corrected chi connectivity index (χ3v) is 2.50. The largest absolute Gasteiger partial charge is 0.465 e. The molecule has 0 aliphatic rings. The first-order chi connectivity index (χ1) is 10.4. The molecule has 0 aliphatic carbocycles. The first-order valence-corrected chi connectivity index (χ1v) is 7.13. The molecular formula is C14H22F3NO5. The molecular weight excluding hydrogens is 319 g/mol. The van der Waals surface area contributed by atoms with Crippen molar-refractivity contribution in [3.8, 4) is 0 Å². The second-order valence-electron chi connectivity index (χ2n) is 5.74. The number of alkyl carbamates (subject to hydrolysis) is 1. The van der Waals surface area contributed by atoms with Crippen LogP contribution in [0, 0.1) is 5.92 Å². The Hall–Kier alpha value is -1.80. The van der Waals surface area contributed by atoms with Crippen LogP contribution in [-0.2, 0) is 19.1 Å². The van der Waals surface area contributed by atoms with Crippen LogP contribution in [0.4, 0.5) is 18.0 Å².